The Balaban J connectivity index is 3.10. The molecule has 0 heterocycles. The molecule has 20 heavy (non-hydrogen) atoms. The summed E-state index contributed by atoms with van der Waals surface area (Å²) in [6.45, 7) is 9.34. The van der Waals surface area contributed by atoms with Gasteiger partial charge in [0.15, 0.2) is 9.84 Å². The summed E-state index contributed by atoms with van der Waals surface area (Å²) in [5.41, 5.74) is 1.56. The van der Waals surface area contributed by atoms with Crippen molar-refractivity contribution in [1.82, 2.24) is 4.72 Å². The first-order chi connectivity index (χ1) is 8.94. The van der Waals surface area contributed by atoms with Gasteiger partial charge in [0.25, 0.3) is 0 Å². The van der Waals surface area contributed by atoms with E-state index in [9.17, 15) is 13.0 Å². The third kappa shape index (κ3) is 4.22. The number of hydrogen-bond donors (Lipinski definition) is 1. The molecule has 0 saturated heterocycles. The standard InChI is InChI=1S/C14H23NO3S2/c1-10-12(8-7-9-13(10)20(6,17)18)11(2)15-19(16)14(3,4)5/h7-9,11,15H,1-6H3. The largest absolute Gasteiger partial charge is 0.598 e. The predicted molar refractivity (Wildman–Crippen MR) is 83.7 cm³/mol. The normalized spacial score (nSPS) is 15.9. The van der Waals surface area contributed by atoms with Gasteiger partial charge in [-0.05, 0) is 51.8 Å². The fraction of sp³-hybridized carbons (Fsp3) is 0.571. The molecule has 1 N–H and O–H groups in total. The zero-order valence-corrected chi connectivity index (χ0v) is 14.5. The van der Waals surface area contributed by atoms with Gasteiger partial charge in [0.1, 0.15) is 4.75 Å². The van der Waals surface area contributed by atoms with E-state index in [0.29, 0.717) is 10.5 Å². The summed E-state index contributed by atoms with van der Waals surface area (Å²) in [6.07, 6.45) is 1.20. The van der Waals surface area contributed by atoms with E-state index in [4.69, 9.17) is 0 Å². The molecule has 4 nitrogen and oxygen atoms in total. The molecule has 1 aromatic rings. The van der Waals surface area contributed by atoms with Gasteiger partial charge in [0, 0.05) is 17.6 Å². The minimum atomic E-state index is -3.25. The Hall–Kier alpha value is -0.560. The highest BCUT2D eigenvalue weighted by molar-refractivity contribution is 7.91. The van der Waals surface area contributed by atoms with E-state index in [0.717, 1.165) is 5.56 Å². The van der Waals surface area contributed by atoms with Gasteiger partial charge in [-0.2, -0.15) is 0 Å². The second-order valence-electron chi connectivity index (χ2n) is 5.96. The van der Waals surface area contributed by atoms with Crippen LogP contribution in [-0.4, -0.2) is 24.0 Å². The monoisotopic (exact) mass is 317 g/mol. The molecule has 0 aliphatic carbocycles. The average Bonchev–Trinajstić information content (AvgIpc) is 2.26. The smallest absolute Gasteiger partial charge is 0.175 e. The Morgan fingerprint density at radius 1 is 1.30 bits per heavy atom. The van der Waals surface area contributed by atoms with E-state index in [1.54, 1.807) is 19.1 Å². The van der Waals surface area contributed by atoms with Crippen molar-refractivity contribution in [1.29, 1.82) is 0 Å². The van der Waals surface area contributed by atoms with E-state index in [1.165, 1.54) is 6.26 Å². The quantitative estimate of drug-likeness (QED) is 0.866. The lowest BCUT2D eigenvalue weighted by molar-refractivity contribution is 0.530. The van der Waals surface area contributed by atoms with Crippen molar-refractivity contribution >= 4 is 21.2 Å². The van der Waals surface area contributed by atoms with Crippen LogP contribution in [-0.2, 0) is 21.2 Å². The summed E-state index contributed by atoms with van der Waals surface area (Å²) in [4.78, 5) is 0.324. The highest BCUT2D eigenvalue weighted by Gasteiger charge is 2.29. The molecule has 6 heteroatoms. The van der Waals surface area contributed by atoms with Crippen LogP contribution in [0.25, 0.3) is 0 Å². The van der Waals surface area contributed by atoms with E-state index >= 15 is 0 Å². The van der Waals surface area contributed by atoms with Crippen molar-refractivity contribution in [3.05, 3.63) is 29.3 Å². The molecule has 0 saturated carbocycles. The molecule has 0 bridgehead atoms. The Morgan fingerprint density at radius 3 is 2.30 bits per heavy atom. The van der Waals surface area contributed by atoms with Crippen molar-refractivity contribution < 1.29 is 13.0 Å². The third-order valence-corrected chi connectivity index (χ3v) is 5.95. The van der Waals surface area contributed by atoms with Crippen LogP contribution in [0.2, 0.25) is 0 Å². The van der Waals surface area contributed by atoms with Gasteiger partial charge in [-0.25, -0.2) is 8.42 Å². The van der Waals surface area contributed by atoms with Crippen molar-refractivity contribution in [3.63, 3.8) is 0 Å². The van der Waals surface area contributed by atoms with Crippen molar-refractivity contribution in [2.75, 3.05) is 6.26 Å². The van der Waals surface area contributed by atoms with Gasteiger partial charge in [0.2, 0.25) is 0 Å². The molecular weight excluding hydrogens is 294 g/mol. The van der Waals surface area contributed by atoms with Crippen molar-refractivity contribution in [2.45, 2.75) is 50.3 Å². The molecule has 0 fully saturated rings. The Kier molecular flexibility index (Phi) is 5.29. The second-order valence-corrected chi connectivity index (χ2v) is 9.95. The summed E-state index contributed by atoms with van der Waals surface area (Å²) in [6, 6.07) is 5.00. The van der Waals surface area contributed by atoms with Gasteiger partial charge in [0.05, 0.1) is 10.9 Å². The van der Waals surface area contributed by atoms with Crippen LogP contribution in [0.5, 0.6) is 0 Å². The summed E-state index contributed by atoms with van der Waals surface area (Å²) in [7, 11) is -3.25. The molecule has 2 atom stereocenters. The summed E-state index contributed by atoms with van der Waals surface area (Å²) >= 11 is -1.20. The van der Waals surface area contributed by atoms with Crippen LogP contribution >= 0.6 is 0 Å². The summed E-state index contributed by atoms with van der Waals surface area (Å²) in [5, 5.41) is 0. The number of hydrogen-bond acceptors (Lipinski definition) is 4. The van der Waals surface area contributed by atoms with E-state index in [-0.39, 0.29) is 10.8 Å². The fourth-order valence-corrected chi connectivity index (χ4v) is 3.70. The molecule has 0 aliphatic heterocycles. The van der Waals surface area contributed by atoms with E-state index < -0.39 is 21.2 Å². The number of benzene rings is 1. The molecule has 0 aliphatic rings. The maximum atomic E-state index is 12.1. The van der Waals surface area contributed by atoms with Crippen LogP contribution in [0.4, 0.5) is 0 Å². The molecule has 0 spiro atoms. The zero-order valence-electron chi connectivity index (χ0n) is 12.9. The molecule has 114 valence electrons. The molecule has 2 unspecified atom stereocenters. The number of sulfone groups is 1. The van der Waals surface area contributed by atoms with Gasteiger partial charge >= 0.3 is 0 Å². The third-order valence-electron chi connectivity index (χ3n) is 3.03. The van der Waals surface area contributed by atoms with Gasteiger partial charge < -0.3 is 4.55 Å². The van der Waals surface area contributed by atoms with Crippen LogP contribution in [0.3, 0.4) is 0 Å². The van der Waals surface area contributed by atoms with Crippen LogP contribution < -0.4 is 4.72 Å². The number of rotatable bonds is 4. The van der Waals surface area contributed by atoms with Gasteiger partial charge in [-0.15, -0.1) is 4.72 Å². The first kappa shape index (κ1) is 17.5. The Bertz CT molecular complexity index is 577. The first-order valence-electron chi connectivity index (χ1n) is 6.42. The summed E-state index contributed by atoms with van der Waals surface area (Å²) in [5.74, 6) is 0. The van der Waals surface area contributed by atoms with Crippen LogP contribution in [0, 0.1) is 6.92 Å². The van der Waals surface area contributed by atoms with Crippen LogP contribution in [0.1, 0.15) is 44.9 Å². The van der Waals surface area contributed by atoms with Crippen molar-refractivity contribution in [2.24, 2.45) is 0 Å². The van der Waals surface area contributed by atoms with Gasteiger partial charge in [-0.1, -0.05) is 12.1 Å². The van der Waals surface area contributed by atoms with Crippen LogP contribution in [0.15, 0.2) is 23.1 Å². The molecule has 0 amide bonds. The highest BCUT2D eigenvalue weighted by atomic mass is 32.2. The second kappa shape index (κ2) is 6.05. The molecule has 0 aromatic heterocycles. The maximum absolute atomic E-state index is 12.1. The molecule has 1 rings (SSSR count). The lowest BCUT2D eigenvalue weighted by atomic mass is 10.0. The Morgan fingerprint density at radius 2 is 1.85 bits per heavy atom. The van der Waals surface area contributed by atoms with Gasteiger partial charge in [-0.3, -0.25) is 0 Å². The zero-order chi connectivity index (χ0) is 15.7. The summed E-state index contributed by atoms with van der Waals surface area (Å²) < 4.78 is 38.3. The SMILES string of the molecule is Cc1c(C(C)N[S+]([O-])C(C)(C)C)cccc1S(C)(=O)=O. The highest BCUT2D eigenvalue weighted by Crippen LogP contribution is 2.26. The maximum Gasteiger partial charge on any atom is 0.175 e. The molecular formula is C14H23NO3S2. The van der Waals surface area contributed by atoms with Crippen molar-refractivity contribution in [3.8, 4) is 0 Å². The Labute approximate surface area is 125 Å². The average molecular weight is 317 g/mol. The topological polar surface area (TPSA) is 69.2 Å². The van der Waals surface area contributed by atoms with E-state index in [1.807, 2.05) is 33.8 Å². The first-order valence-corrected chi connectivity index (χ1v) is 9.46. The lowest BCUT2D eigenvalue weighted by Crippen LogP contribution is -2.40. The fourth-order valence-electron chi connectivity index (χ4n) is 1.90. The molecule has 1 aromatic carbocycles. The predicted octanol–water partition coefficient (Wildman–Crippen LogP) is 2.51. The van der Waals surface area contributed by atoms with E-state index in [2.05, 4.69) is 4.72 Å². The lowest BCUT2D eigenvalue weighted by Gasteiger charge is -2.27. The minimum absolute atomic E-state index is 0.184. The molecule has 0 radical (unpaired) electrons. The number of nitrogens with one attached hydrogen (secondary N) is 1. The minimum Gasteiger partial charge on any atom is -0.598 e.